The number of para-hydroxylation sites is 3. The molecule has 14 aromatic rings. The van der Waals surface area contributed by atoms with Crippen LogP contribution in [0.3, 0.4) is 0 Å². The van der Waals surface area contributed by atoms with Crippen LogP contribution in [0, 0.1) is 0 Å². The summed E-state index contributed by atoms with van der Waals surface area (Å²) in [6, 6.07) is 63.9. The monoisotopic (exact) mass is 810 g/mol. The van der Waals surface area contributed by atoms with Gasteiger partial charge in [0, 0.05) is 63.6 Å². The normalized spacial score (nSPS) is 12.2. The quantitative estimate of drug-likeness (QED) is 0.177. The Balaban J connectivity index is 1.11. The molecule has 0 saturated carbocycles. The maximum Gasteiger partial charge on any atom is 0.166 e. The summed E-state index contributed by atoms with van der Waals surface area (Å²) >= 11 is 1.80. The van der Waals surface area contributed by atoms with Crippen molar-refractivity contribution in [2.75, 3.05) is 0 Å². The number of benzene rings is 9. The molecule has 288 valence electrons. The van der Waals surface area contributed by atoms with Crippen molar-refractivity contribution in [3.05, 3.63) is 182 Å². The second-order valence-corrected chi connectivity index (χ2v) is 17.0. The molecule has 5 heterocycles. The Hall–Kier alpha value is -8.13. The van der Waals surface area contributed by atoms with Crippen molar-refractivity contribution in [2.45, 2.75) is 0 Å². The number of thiophene rings is 1. The summed E-state index contributed by atoms with van der Waals surface area (Å²) in [6.45, 7) is 0. The Labute approximate surface area is 356 Å². The lowest BCUT2D eigenvalue weighted by Crippen LogP contribution is -2.04. The summed E-state index contributed by atoms with van der Waals surface area (Å²) in [6.07, 6.45) is 0. The average Bonchev–Trinajstić information content (AvgIpc) is 4.09. The van der Waals surface area contributed by atoms with Gasteiger partial charge in [0.15, 0.2) is 17.5 Å². The van der Waals surface area contributed by atoms with Crippen molar-refractivity contribution in [1.82, 2.24) is 19.5 Å². The van der Waals surface area contributed by atoms with Crippen molar-refractivity contribution < 1.29 is 8.83 Å². The summed E-state index contributed by atoms with van der Waals surface area (Å²) in [5, 5.41) is 11.1. The van der Waals surface area contributed by atoms with Crippen molar-refractivity contribution in [1.29, 1.82) is 0 Å². The molecule has 62 heavy (non-hydrogen) atoms. The lowest BCUT2D eigenvalue weighted by atomic mass is 10.0. The predicted molar refractivity (Wildman–Crippen MR) is 255 cm³/mol. The van der Waals surface area contributed by atoms with Crippen molar-refractivity contribution in [2.24, 2.45) is 0 Å². The Morgan fingerprint density at radius 3 is 1.79 bits per heavy atom. The highest BCUT2D eigenvalue weighted by Gasteiger charge is 2.25. The van der Waals surface area contributed by atoms with Crippen LogP contribution in [0.4, 0.5) is 0 Å². The van der Waals surface area contributed by atoms with E-state index in [0.717, 1.165) is 77.3 Å². The zero-order valence-corrected chi connectivity index (χ0v) is 33.7. The van der Waals surface area contributed by atoms with Gasteiger partial charge in [-0.3, -0.25) is 0 Å². The summed E-state index contributed by atoms with van der Waals surface area (Å²) in [5.74, 6) is 1.70. The van der Waals surface area contributed by atoms with Gasteiger partial charge in [0.2, 0.25) is 0 Å². The van der Waals surface area contributed by atoms with Gasteiger partial charge in [-0.1, -0.05) is 97.1 Å². The Morgan fingerprint density at radius 1 is 0.371 bits per heavy atom. The predicted octanol–water partition coefficient (Wildman–Crippen LogP) is 15.3. The van der Waals surface area contributed by atoms with E-state index in [9.17, 15) is 0 Å². The zero-order chi connectivity index (χ0) is 40.5. The lowest BCUT2D eigenvalue weighted by Gasteiger charge is -2.16. The second kappa shape index (κ2) is 12.7. The van der Waals surface area contributed by atoms with Gasteiger partial charge in [-0.2, -0.15) is 0 Å². The van der Waals surface area contributed by atoms with E-state index in [1.165, 1.54) is 41.7 Å². The van der Waals surface area contributed by atoms with Crippen LogP contribution in [0.5, 0.6) is 0 Å². The fourth-order valence-corrected chi connectivity index (χ4v) is 10.7. The molecule has 0 aliphatic rings. The highest BCUT2D eigenvalue weighted by atomic mass is 32.1. The highest BCUT2D eigenvalue weighted by molar-refractivity contribution is 7.25. The summed E-state index contributed by atoms with van der Waals surface area (Å²) in [7, 11) is 0. The molecule has 7 heteroatoms. The SMILES string of the molecule is c1ccc2cc3c(cc2c1)c1ccccc1n3-c1ccc2oc3ccccc3c2c1-c1nc(-c2ccc3oc4ccccc4c3c2)nc(-c2ccc3sc4ccccc4c3c2)n1. The molecule has 9 aromatic carbocycles. The number of rotatable bonds is 4. The number of aromatic nitrogens is 4. The third-order valence-electron chi connectivity index (χ3n) is 12.4. The number of hydrogen-bond acceptors (Lipinski definition) is 6. The smallest absolute Gasteiger partial charge is 0.166 e. The van der Waals surface area contributed by atoms with Crippen LogP contribution in [0.2, 0.25) is 0 Å². The minimum absolute atomic E-state index is 0.552. The standard InChI is InChI=1S/C55H30N4O2S/c1-2-12-32-30-44-39(27-31(32)11-1)35-13-3-7-17-42(35)59(44)43-23-25-48-51(38-16-5-9-19-46(38)61-48)52(43)55-57-53(33-21-24-47-40(28-33)36-14-4-8-18-45(36)60-47)56-54(58-55)34-22-26-50-41(29-34)37-15-6-10-20-49(37)62-50/h1-30H. The van der Waals surface area contributed by atoms with Crippen LogP contribution in [-0.4, -0.2) is 19.5 Å². The van der Waals surface area contributed by atoms with E-state index in [0.29, 0.717) is 17.5 Å². The molecule has 14 rings (SSSR count). The van der Waals surface area contributed by atoms with Crippen LogP contribution in [0.15, 0.2) is 191 Å². The number of fused-ring (bicyclic) bond motifs is 13. The first-order valence-corrected chi connectivity index (χ1v) is 21.5. The molecule has 0 amide bonds. The van der Waals surface area contributed by atoms with E-state index in [1.54, 1.807) is 11.3 Å². The molecule has 0 aliphatic carbocycles. The van der Waals surface area contributed by atoms with Gasteiger partial charge in [0.25, 0.3) is 0 Å². The minimum atomic E-state index is 0.552. The fourth-order valence-electron chi connectivity index (χ4n) is 9.61. The van der Waals surface area contributed by atoms with E-state index < -0.39 is 0 Å². The van der Waals surface area contributed by atoms with Gasteiger partial charge < -0.3 is 13.4 Å². The van der Waals surface area contributed by atoms with E-state index in [-0.39, 0.29) is 0 Å². The molecule has 0 saturated heterocycles. The second-order valence-electron chi connectivity index (χ2n) is 15.9. The van der Waals surface area contributed by atoms with Crippen LogP contribution >= 0.6 is 11.3 Å². The van der Waals surface area contributed by atoms with Crippen molar-refractivity contribution in [3.8, 4) is 39.9 Å². The molecular weight excluding hydrogens is 781 g/mol. The third-order valence-corrected chi connectivity index (χ3v) is 13.6. The van der Waals surface area contributed by atoms with Gasteiger partial charge in [0.05, 0.1) is 22.3 Å². The first kappa shape index (κ1) is 33.7. The topological polar surface area (TPSA) is 69.9 Å². The van der Waals surface area contributed by atoms with Gasteiger partial charge in [0.1, 0.15) is 22.3 Å². The Kier molecular flexibility index (Phi) is 6.89. The number of nitrogens with zero attached hydrogens (tertiary/aromatic N) is 4. The summed E-state index contributed by atoms with van der Waals surface area (Å²) in [4.78, 5) is 16.3. The summed E-state index contributed by atoms with van der Waals surface area (Å²) in [5.41, 5.74) is 9.00. The average molecular weight is 811 g/mol. The van der Waals surface area contributed by atoms with Gasteiger partial charge >= 0.3 is 0 Å². The number of hydrogen-bond donors (Lipinski definition) is 0. The van der Waals surface area contributed by atoms with E-state index >= 15 is 0 Å². The molecule has 0 unspecified atom stereocenters. The maximum atomic E-state index is 6.62. The molecule has 0 bridgehead atoms. The zero-order valence-electron chi connectivity index (χ0n) is 32.8. The van der Waals surface area contributed by atoms with Crippen molar-refractivity contribution in [3.63, 3.8) is 0 Å². The van der Waals surface area contributed by atoms with Crippen LogP contribution in [0.1, 0.15) is 0 Å². The van der Waals surface area contributed by atoms with E-state index in [4.69, 9.17) is 23.8 Å². The van der Waals surface area contributed by atoms with Crippen LogP contribution in [0.25, 0.3) is 136 Å². The molecule has 0 atom stereocenters. The van der Waals surface area contributed by atoms with Gasteiger partial charge in [-0.15, -0.1) is 11.3 Å². The molecule has 0 fully saturated rings. The Bertz CT molecular complexity index is 4060. The lowest BCUT2D eigenvalue weighted by molar-refractivity contribution is 0.668. The first-order valence-electron chi connectivity index (χ1n) is 20.7. The molecule has 0 aliphatic heterocycles. The molecule has 0 radical (unpaired) electrons. The van der Waals surface area contributed by atoms with Gasteiger partial charge in [-0.05, 0) is 95.7 Å². The Morgan fingerprint density at radius 2 is 0.952 bits per heavy atom. The first-order chi connectivity index (χ1) is 30.7. The van der Waals surface area contributed by atoms with Crippen LogP contribution < -0.4 is 0 Å². The van der Waals surface area contributed by atoms with Crippen LogP contribution in [-0.2, 0) is 0 Å². The van der Waals surface area contributed by atoms with E-state index in [1.807, 2.05) is 36.4 Å². The molecule has 5 aromatic heterocycles. The molecule has 6 nitrogen and oxygen atoms in total. The minimum Gasteiger partial charge on any atom is -0.456 e. The molecule has 0 N–H and O–H groups in total. The van der Waals surface area contributed by atoms with Gasteiger partial charge in [-0.25, -0.2) is 15.0 Å². The number of furan rings is 2. The third kappa shape index (κ3) is 4.88. The highest BCUT2D eigenvalue weighted by Crippen LogP contribution is 2.44. The molecular formula is C55H30N4O2S. The van der Waals surface area contributed by atoms with Crippen molar-refractivity contribution >= 4 is 108 Å². The maximum absolute atomic E-state index is 6.62. The fraction of sp³-hybridized carbons (Fsp3) is 0. The summed E-state index contributed by atoms with van der Waals surface area (Å²) < 4.78 is 17.7. The largest absolute Gasteiger partial charge is 0.456 e. The molecule has 0 spiro atoms. The van der Waals surface area contributed by atoms with E-state index in [2.05, 4.69) is 150 Å².